The summed E-state index contributed by atoms with van der Waals surface area (Å²) < 4.78 is 10.3. The highest BCUT2D eigenvalue weighted by atomic mass is 16.5. The minimum Gasteiger partial charge on any atom is -0.376 e. The smallest absolute Gasteiger partial charge is 0.239 e. The molecule has 1 aliphatic heterocycles. The molecule has 0 saturated carbocycles. The lowest BCUT2D eigenvalue weighted by Gasteiger charge is -2.21. The van der Waals surface area contributed by atoms with E-state index >= 15 is 0 Å². The minimum atomic E-state index is -0.349. The average molecular weight is 378 g/mol. The van der Waals surface area contributed by atoms with Gasteiger partial charge in [-0.15, -0.1) is 6.58 Å². The molecule has 0 unspecified atom stereocenters. The average Bonchev–Trinajstić information content (AvgIpc) is 3.29. The molecule has 2 rings (SSSR count). The molecule has 1 fully saturated rings. The normalized spacial score (nSPS) is 16.0. The fraction of sp³-hybridized carbons (Fsp3) is 0.556. The molecule has 0 bridgehead atoms. The number of carbonyl (C=O) groups excluding carboxylic acids is 3. The van der Waals surface area contributed by atoms with Crippen molar-refractivity contribution in [3.63, 3.8) is 0 Å². The summed E-state index contributed by atoms with van der Waals surface area (Å²) in [7, 11) is 0. The van der Waals surface area contributed by atoms with Gasteiger partial charge in [-0.1, -0.05) is 11.2 Å². The Hall–Kier alpha value is -2.68. The second kappa shape index (κ2) is 10.5. The van der Waals surface area contributed by atoms with Crippen LogP contribution in [-0.2, 0) is 19.1 Å². The zero-order valence-electron chi connectivity index (χ0n) is 15.5. The van der Waals surface area contributed by atoms with Gasteiger partial charge in [0.25, 0.3) is 0 Å². The van der Waals surface area contributed by atoms with E-state index in [4.69, 9.17) is 9.26 Å². The van der Waals surface area contributed by atoms with Gasteiger partial charge in [0.05, 0.1) is 12.6 Å². The molecule has 9 nitrogen and oxygen atoms in total. The lowest BCUT2D eigenvalue weighted by atomic mass is 10.2. The highest BCUT2D eigenvalue weighted by Gasteiger charge is 2.20. The van der Waals surface area contributed by atoms with E-state index < -0.39 is 0 Å². The van der Waals surface area contributed by atoms with Crippen LogP contribution in [0.25, 0.3) is 0 Å². The van der Waals surface area contributed by atoms with Crippen LogP contribution in [0.4, 0.5) is 5.82 Å². The Kier molecular flexibility index (Phi) is 8.00. The highest BCUT2D eigenvalue weighted by molar-refractivity contribution is 5.93. The molecule has 1 saturated heterocycles. The number of rotatable bonds is 10. The Bertz CT molecular complexity index is 666. The van der Waals surface area contributed by atoms with Crippen LogP contribution in [0.1, 0.15) is 31.4 Å². The van der Waals surface area contributed by atoms with E-state index in [1.165, 1.54) is 4.90 Å². The number of hydrogen-bond donors (Lipinski definition) is 2. The quantitative estimate of drug-likeness (QED) is 0.588. The van der Waals surface area contributed by atoms with Crippen LogP contribution in [0.15, 0.2) is 23.2 Å². The summed E-state index contributed by atoms with van der Waals surface area (Å²) in [6.07, 6.45) is 3.48. The van der Waals surface area contributed by atoms with Crippen molar-refractivity contribution in [3.05, 3.63) is 24.5 Å². The molecular weight excluding hydrogens is 352 g/mol. The number of nitrogens with zero attached hydrogens (tertiary/aromatic N) is 2. The van der Waals surface area contributed by atoms with Crippen molar-refractivity contribution in [2.24, 2.45) is 0 Å². The molecule has 1 atom stereocenters. The summed E-state index contributed by atoms with van der Waals surface area (Å²) in [5.41, 5.74) is 0. The van der Waals surface area contributed by atoms with E-state index in [0.29, 0.717) is 18.1 Å². The van der Waals surface area contributed by atoms with Crippen molar-refractivity contribution in [3.8, 4) is 0 Å². The number of nitrogens with one attached hydrogen (secondary N) is 2. The van der Waals surface area contributed by atoms with Crippen LogP contribution in [0.5, 0.6) is 0 Å². The summed E-state index contributed by atoms with van der Waals surface area (Å²) in [6.45, 7) is 6.63. The molecular formula is C18H26N4O5. The van der Waals surface area contributed by atoms with Gasteiger partial charge in [-0.2, -0.15) is 0 Å². The monoisotopic (exact) mass is 378 g/mol. The van der Waals surface area contributed by atoms with Crippen molar-refractivity contribution < 1.29 is 23.6 Å². The van der Waals surface area contributed by atoms with Gasteiger partial charge in [-0.25, -0.2) is 0 Å². The third kappa shape index (κ3) is 7.22. The lowest BCUT2D eigenvalue weighted by molar-refractivity contribution is -0.136. The van der Waals surface area contributed by atoms with E-state index in [1.807, 2.05) is 0 Å². The number of aryl methyl sites for hydroxylation is 1. The van der Waals surface area contributed by atoms with E-state index in [2.05, 4.69) is 22.4 Å². The fourth-order valence-electron chi connectivity index (χ4n) is 2.68. The number of hydrogen-bond acceptors (Lipinski definition) is 6. The van der Waals surface area contributed by atoms with Crippen LogP contribution >= 0.6 is 0 Å². The number of amides is 3. The van der Waals surface area contributed by atoms with Crippen molar-refractivity contribution >= 4 is 23.5 Å². The Labute approximate surface area is 158 Å². The maximum absolute atomic E-state index is 12.3. The predicted molar refractivity (Wildman–Crippen MR) is 97.9 cm³/mol. The van der Waals surface area contributed by atoms with Gasteiger partial charge >= 0.3 is 0 Å². The Morgan fingerprint density at radius 3 is 2.81 bits per heavy atom. The first-order valence-electron chi connectivity index (χ1n) is 8.98. The molecule has 1 aliphatic rings. The van der Waals surface area contributed by atoms with Crippen LogP contribution in [0, 0.1) is 6.92 Å². The summed E-state index contributed by atoms with van der Waals surface area (Å²) in [5.74, 6) is -0.0242. The predicted octanol–water partition coefficient (Wildman–Crippen LogP) is 1.01. The third-order valence-corrected chi connectivity index (χ3v) is 4.05. The zero-order chi connectivity index (χ0) is 19.6. The standard InChI is InChI=1S/C18H26N4O5/c1-3-8-22(12-17(24)19-11-14-5-4-9-26-14)18(25)7-6-16(23)20-15-10-13(2)27-21-15/h3,10,14H,1,4-9,11-12H2,2H3,(H,19,24)(H,20,21,23)/t14-/m0/s1. The molecule has 27 heavy (non-hydrogen) atoms. The lowest BCUT2D eigenvalue weighted by Crippen LogP contribution is -2.42. The minimum absolute atomic E-state index is 0.0179. The van der Waals surface area contributed by atoms with E-state index in [-0.39, 0.29) is 49.8 Å². The molecule has 9 heteroatoms. The molecule has 1 aromatic rings. The molecule has 148 valence electrons. The van der Waals surface area contributed by atoms with Gasteiger partial charge in [-0.05, 0) is 19.8 Å². The van der Waals surface area contributed by atoms with Crippen LogP contribution < -0.4 is 10.6 Å². The number of carbonyl (C=O) groups is 3. The SMILES string of the molecule is C=CCN(CC(=O)NC[C@@H]1CCCO1)C(=O)CCC(=O)Nc1cc(C)on1. The fourth-order valence-corrected chi connectivity index (χ4v) is 2.68. The second-order valence-electron chi connectivity index (χ2n) is 6.37. The van der Waals surface area contributed by atoms with E-state index in [9.17, 15) is 14.4 Å². The highest BCUT2D eigenvalue weighted by Crippen LogP contribution is 2.11. The topological polar surface area (TPSA) is 114 Å². The summed E-state index contributed by atoms with van der Waals surface area (Å²) >= 11 is 0. The first kappa shape index (κ1) is 20.6. The summed E-state index contributed by atoms with van der Waals surface area (Å²) in [5, 5.41) is 8.99. The van der Waals surface area contributed by atoms with Gasteiger partial charge < -0.3 is 24.8 Å². The van der Waals surface area contributed by atoms with Gasteiger partial charge in [0.2, 0.25) is 17.7 Å². The molecule has 2 N–H and O–H groups in total. The van der Waals surface area contributed by atoms with E-state index in [1.54, 1.807) is 19.1 Å². The van der Waals surface area contributed by atoms with E-state index in [0.717, 1.165) is 19.4 Å². The zero-order valence-corrected chi connectivity index (χ0v) is 15.5. The van der Waals surface area contributed by atoms with Crippen LogP contribution in [0.2, 0.25) is 0 Å². The van der Waals surface area contributed by atoms with Gasteiger partial charge in [-0.3, -0.25) is 14.4 Å². The van der Waals surface area contributed by atoms with Crippen molar-refractivity contribution in [2.75, 3.05) is 31.6 Å². The molecule has 1 aromatic heterocycles. The van der Waals surface area contributed by atoms with Crippen molar-refractivity contribution in [1.29, 1.82) is 0 Å². The maximum atomic E-state index is 12.3. The molecule has 3 amide bonds. The largest absolute Gasteiger partial charge is 0.376 e. The summed E-state index contributed by atoms with van der Waals surface area (Å²) in [6, 6.07) is 1.59. The van der Waals surface area contributed by atoms with Crippen molar-refractivity contribution in [1.82, 2.24) is 15.4 Å². The van der Waals surface area contributed by atoms with Crippen LogP contribution in [-0.4, -0.2) is 60.1 Å². The number of anilines is 1. The Balaban J connectivity index is 1.74. The van der Waals surface area contributed by atoms with Gasteiger partial charge in [0.1, 0.15) is 5.76 Å². The van der Waals surface area contributed by atoms with Crippen LogP contribution in [0.3, 0.4) is 0 Å². The van der Waals surface area contributed by atoms with Gasteiger partial charge in [0, 0.05) is 38.6 Å². The molecule has 0 aromatic carbocycles. The molecule has 0 spiro atoms. The Morgan fingerprint density at radius 2 is 2.19 bits per heavy atom. The molecule has 0 radical (unpaired) electrons. The molecule has 0 aliphatic carbocycles. The first-order valence-corrected chi connectivity index (χ1v) is 8.98. The number of ether oxygens (including phenoxy) is 1. The first-order chi connectivity index (χ1) is 13.0. The Morgan fingerprint density at radius 1 is 1.37 bits per heavy atom. The third-order valence-electron chi connectivity index (χ3n) is 4.05. The van der Waals surface area contributed by atoms with Gasteiger partial charge in [0.15, 0.2) is 5.82 Å². The second-order valence-corrected chi connectivity index (χ2v) is 6.37. The molecule has 2 heterocycles. The maximum Gasteiger partial charge on any atom is 0.239 e. The number of aromatic nitrogens is 1. The summed E-state index contributed by atoms with van der Waals surface area (Å²) in [4.78, 5) is 37.7. The van der Waals surface area contributed by atoms with Crippen molar-refractivity contribution in [2.45, 2.75) is 38.7 Å².